The van der Waals surface area contributed by atoms with Gasteiger partial charge in [0.05, 0.1) is 12.6 Å². The van der Waals surface area contributed by atoms with Gasteiger partial charge in [0, 0.05) is 31.1 Å². The van der Waals surface area contributed by atoms with E-state index in [2.05, 4.69) is 36.8 Å². The number of aromatic amines is 1. The first-order valence-electron chi connectivity index (χ1n) is 11.4. The molecule has 5 heterocycles. The Kier molecular flexibility index (Phi) is 4.89. The van der Waals surface area contributed by atoms with E-state index in [-0.39, 0.29) is 11.9 Å². The number of aliphatic imine (C=N–C) groups is 1. The van der Waals surface area contributed by atoms with Crippen molar-refractivity contribution in [1.29, 1.82) is 0 Å². The molecule has 3 N–H and O–H groups in total. The lowest BCUT2D eigenvalue weighted by Crippen LogP contribution is -2.33. The second-order valence-corrected chi connectivity index (χ2v) is 8.61. The molecule has 0 spiro atoms. The fourth-order valence-electron chi connectivity index (χ4n) is 4.36. The van der Waals surface area contributed by atoms with Gasteiger partial charge in [0.15, 0.2) is 11.6 Å². The van der Waals surface area contributed by atoms with Crippen LogP contribution in [0.2, 0.25) is 0 Å². The van der Waals surface area contributed by atoms with E-state index in [0.29, 0.717) is 35.9 Å². The quantitative estimate of drug-likeness (QED) is 0.539. The summed E-state index contributed by atoms with van der Waals surface area (Å²) in [7, 11) is 0. The van der Waals surface area contributed by atoms with E-state index < -0.39 is 0 Å². The molecule has 3 aromatic rings. The first kappa shape index (κ1) is 19.7. The third-order valence-corrected chi connectivity index (χ3v) is 6.19. The Labute approximate surface area is 190 Å². The average Bonchev–Trinajstić information content (AvgIpc) is 3.18. The van der Waals surface area contributed by atoms with Gasteiger partial charge < -0.3 is 15.5 Å². The number of amides is 1. The molecule has 3 aromatic heterocycles. The lowest BCUT2D eigenvalue weighted by Gasteiger charge is -2.26. The van der Waals surface area contributed by atoms with Gasteiger partial charge in [-0.15, -0.1) is 5.10 Å². The summed E-state index contributed by atoms with van der Waals surface area (Å²) in [4.78, 5) is 23.9. The first-order chi connectivity index (χ1) is 16.2. The summed E-state index contributed by atoms with van der Waals surface area (Å²) in [6, 6.07) is 6.10. The van der Waals surface area contributed by atoms with Gasteiger partial charge in [0.2, 0.25) is 5.95 Å². The highest BCUT2D eigenvalue weighted by atomic mass is 16.2. The summed E-state index contributed by atoms with van der Waals surface area (Å²) >= 11 is 0. The van der Waals surface area contributed by atoms with Crippen LogP contribution in [0.25, 0.3) is 5.52 Å². The number of nitrogens with one attached hydrogen (secondary N) is 3. The molecule has 0 aromatic carbocycles. The van der Waals surface area contributed by atoms with E-state index >= 15 is 0 Å². The van der Waals surface area contributed by atoms with Crippen molar-refractivity contribution in [3.63, 3.8) is 0 Å². The van der Waals surface area contributed by atoms with E-state index in [0.717, 1.165) is 37.7 Å². The number of anilines is 3. The Morgan fingerprint density at radius 3 is 3.06 bits per heavy atom. The lowest BCUT2D eigenvalue weighted by atomic mass is 10.0. The number of nitrogens with zero attached hydrogens (tertiary/aromatic N) is 6. The van der Waals surface area contributed by atoms with E-state index in [1.165, 1.54) is 5.57 Å². The van der Waals surface area contributed by atoms with Crippen LogP contribution in [0.5, 0.6) is 0 Å². The highest BCUT2D eigenvalue weighted by molar-refractivity contribution is 5.93. The Morgan fingerprint density at radius 2 is 2.15 bits per heavy atom. The zero-order chi connectivity index (χ0) is 22.2. The van der Waals surface area contributed by atoms with Crippen LogP contribution in [0.3, 0.4) is 0 Å². The standard InChI is InChI=1S/C23H25N9O/c33-22(25-16-8-9-16)17-13-20(29-28-17)26-21-19-7-4-12-32(19)30-23(27-21)31-11-3-6-18(31)15-5-1-2-10-24-14-15/h1-2,4-5,7,10,12-13,16,18H,3,6,8-9,11,14H2,(H,25,33)(H2,26,27,28,29,30)/t18-/m1/s1. The molecule has 33 heavy (non-hydrogen) atoms. The van der Waals surface area contributed by atoms with Crippen LogP contribution in [-0.4, -0.2) is 62.1 Å². The maximum atomic E-state index is 12.3. The number of allylic oxidation sites excluding steroid dienone is 3. The Hall–Kier alpha value is -3.95. The lowest BCUT2D eigenvalue weighted by molar-refractivity contribution is 0.0946. The number of hydrogen-bond donors (Lipinski definition) is 3. The molecule has 1 amide bonds. The van der Waals surface area contributed by atoms with Crippen LogP contribution in [0.15, 0.2) is 53.2 Å². The minimum atomic E-state index is -0.137. The second kappa shape index (κ2) is 8.19. The molecule has 0 bridgehead atoms. The molecule has 0 unspecified atom stereocenters. The van der Waals surface area contributed by atoms with Gasteiger partial charge in [-0.3, -0.25) is 14.9 Å². The van der Waals surface area contributed by atoms with Crippen molar-refractivity contribution in [2.24, 2.45) is 4.99 Å². The smallest absolute Gasteiger partial charge is 0.269 e. The van der Waals surface area contributed by atoms with Crippen molar-refractivity contribution in [3.8, 4) is 0 Å². The largest absolute Gasteiger partial charge is 0.348 e. The molecule has 2 aliphatic heterocycles. The molecule has 2 fully saturated rings. The van der Waals surface area contributed by atoms with Crippen molar-refractivity contribution in [1.82, 2.24) is 30.1 Å². The van der Waals surface area contributed by atoms with Crippen molar-refractivity contribution in [2.45, 2.75) is 37.8 Å². The number of carbonyl (C=O) groups excluding carboxylic acids is 1. The van der Waals surface area contributed by atoms with Gasteiger partial charge in [0.1, 0.15) is 11.2 Å². The van der Waals surface area contributed by atoms with Crippen molar-refractivity contribution in [2.75, 3.05) is 23.3 Å². The van der Waals surface area contributed by atoms with Crippen LogP contribution in [0, 0.1) is 0 Å². The van der Waals surface area contributed by atoms with Crippen molar-refractivity contribution < 1.29 is 4.79 Å². The Bertz CT molecular complexity index is 1280. The molecule has 10 heteroatoms. The third kappa shape index (κ3) is 3.99. The first-order valence-corrected chi connectivity index (χ1v) is 11.4. The third-order valence-electron chi connectivity index (χ3n) is 6.19. The summed E-state index contributed by atoms with van der Waals surface area (Å²) < 4.78 is 1.83. The topological polar surface area (TPSA) is 116 Å². The number of aromatic nitrogens is 5. The van der Waals surface area contributed by atoms with E-state index in [9.17, 15) is 4.79 Å². The number of H-pyrrole nitrogens is 1. The molecule has 0 radical (unpaired) electrons. The average molecular weight is 444 g/mol. The van der Waals surface area contributed by atoms with Crippen LogP contribution in [0.4, 0.5) is 17.6 Å². The molecule has 1 saturated heterocycles. The monoisotopic (exact) mass is 443 g/mol. The summed E-state index contributed by atoms with van der Waals surface area (Å²) in [5.41, 5.74) is 2.53. The predicted molar refractivity (Wildman–Crippen MR) is 126 cm³/mol. The Morgan fingerprint density at radius 1 is 1.21 bits per heavy atom. The SMILES string of the molecule is O=C(NC1CC1)c1cc(Nc2nc(N3CCC[C@@H]3C3=CC=CC=NC3)nn3cccc23)n[nH]1. The second-order valence-electron chi connectivity index (χ2n) is 8.61. The van der Waals surface area contributed by atoms with E-state index in [1.54, 1.807) is 6.07 Å². The zero-order valence-corrected chi connectivity index (χ0v) is 18.1. The molecule has 1 aliphatic carbocycles. The van der Waals surface area contributed by atoms with Gasteiger partial charge in [0.25, 0.3) is 5.91 Å². The summed E-state index contributed by atoms with van der Waals surface area (Å²) in [6.07, 6.45) is 14.1. The van der Waals surface area contributed by atoms with Crippen LogP contribution >= 0.6 is 0 Å². The van der Waals surface area contributed by atoms with Gasteiger partial charge >= 0.3 is 0 Å². The Balaban J connectivity index is 1.29. The summed E-state index contributed by atoms with van der Waals surface area (Å²) in [6.45, 7) is 1.57. The normalized spacial score (nSPS) is 20.2. The minimum Gasteiger partial charge on any atom is -0.348 e. The molecule has 1 saturated carbocycles. The highest BCUT2D eigenvalue weighted by Gasteiger charge is 2.30. The fourth-order valence-corrected chi connectivity index (χ4v) is 4.36. The van der Waals surface area contributed by atoms with Crippen molar-refractivity contribution in [3.05, 3.63) is 53.9 Å². The maximum Gasteiger partial charge on any atom is 0.269 e. The minimum absolute atomic E-state index is 0.137. The zero-order valence-electron chi connectivity index (χ0n) is 18.1. The van der Waals surface area contributed by atoms with Gasteiger partial charge in [-0.1, -0.05) is 12.2 Å². The van der Waals surface area contributed by atoms with Crippen LogP contribution in [0.1, 0.15) is 36.2 Å². The molecule has 1 atom stereocenters. The number of hydrogen-bond acceptors (Lipinski definition) is 7. The summed E-state index contributed by atoms with van der Waals surface area (Å²) in [5, 5.41) is 18.1. The molecule has 10 nitrogen and oxygen atoms in total. The van der Waals surface area contributed by atoms with E-state index in [4.69, 9.17) is 10.1 Å². The number of rotatable bonds is 6. The fraction of sp³-hybridized carbons (Fsp3) is 0.348. The molecular formula is C23H25N9O. The number of carbonyl (C=O) groups is 1. The molecule has 6 rings (SSSR count). The number of fused-ring (bicyclic) bond motifs is 1. The molecular weight excluding hydrogens is 418 g/mol. The van der Waals surface area contributed by atoms with Gasteiger partial charge in [-0.05, 0) is 49.5 Å². The van der Waals surface area contributed by atoms with Crippen LogP contribution in [-0.2, 0) is 0 Å². The van der Waals surface area contributed by atoms with E-state index in [1.807, 2.05) is 41.2 Å². The summed E-state index contributed by atoms with van der Waals surface area (Å²) in [5.74, 6) is 1.70. The molecule has 3 aliphatic rings. The maximum absolute atomic E-state index is 12.3. The van der Waals surface area contributed by atoms with Gasteiger partial charge in [-0.25, -0.2) is 4.52 Å². The van der Waals surface area contributed by atoms with Gasteiger partial charge in [-0.2, -0.15) is 10.1 Å². The molecule has 168 valence electrons. The van der Waals surface area contributed by atoms with Crippen molar-refractivity contribution >= 4 is 35.2 Å². The predicted octanol–water partition coefficient (Wildman–Crippen LogP) is 2.62. The highest BCUT2D eigenvalue weighted by Crippen LogP contribution is 2.30. The van der Waals surface area contributed by atoms with Crippen LogP contribution < -0.4 is 15.5 Å².